The summed E-state index contributed by atoms with van der Waals surface area (Å²) in [6, 6.07) is 3.23. The highest BCUT2D eigenvalue weighted by Gasteiger charge is 2.18. The lowest BCUT2D eigenvalue weighted by atomic mass is 9.95. The molecule has 1 aliphatic carbocycles. The molecule has 0 atom stereocenters. The third-order valence-electron chi connectivity index (χ3n) is 4.31. The molecule has 134 valence electrons. The maximum Gasteiger partial charge on any atom is 0.275 e. The topological polar surface area (TPSA) is 97.3 Å². The van der Waals surface area contributed by atoms with Crippen LogP contribution in [0.25, 0.3) is 0 Å². The molecule has 0 unspecified atom stereocenters. The Morgan fingerprint density at radius 3 is 2.54 bits per heavy atom. The maximum absolute atomic E-state index is 12.5. The minimum atomic E-state index is -3.54. The van der Waals surface area contributed by atoms with Crippen LogP contribution < -0.4 is 15.6 Å². The lowest BCUT2D eigenvalue weighted by molar-refractivity contribution is -0.122. The zero-order chi connectivity index (χ0) is 17.7. The number of aryl methyl sites for hydroxylation is 1. The van der Waals surface area contributed by atoms with Gasteiger partial charge >= 0.3 is 0 Å². The molecular weight excluding hydrogens is 330 g/mol. The molecule has 1 amide bonds. The van der Waals surface area contributed by atoms with Crippen LogP contribution >= 0.6 is 0 Å². The number of rotatable bonds is 6. The van der Waals surface area contributed by atoms with Gasteiger partial charge in [0.2, 0.25) is 15.9 Å². The van der Waals surface area contributed by atoms with Crippen molar-refractivity contribution in [3.63, 3.8) is 0 Å². The largest absolute Gasteiger partial charge is 0.352 e. The number of nitrogens with zero attached hydrogens (tertiary/aromatic N) is 1. The van der Waals surface area contributed by atoms with Gasteiger partial charge in [0.25, 0.3) is 5.56 Å². The lowest BCUT2D eigenvalue weighted by Crippen LogP contribution is -2.40. The van der Waals surface area contributed by atoms with Crippen molar-refractivity contribution in [2.24, 2.45) is 0 Å². The predicted molar refractivity (Wildman–Crippen MR) is 93.5 cm³/mol. The van der Waals surface area contributed by atoms with Crippen molar-refractivity contribution in [3.8, 4) is 0 Å². The van der Waals surface area contributed by atoms with Crippen molar-refractivity contribution in [1.29, 1.82) is 0 Å². The molecule has 1 heterocycles. The molecule has 1 fully saturated rings. The van der Waals surface area contributed by atoms with Gasteiger partial charge in [0.05, 0.1) is 5.75 Å². The average Bonchev–Trinajstić information content (AvgIpc) is 2.55. The minimum absolute atomic E-state index is 0.0343. The molecular formula is C16H25N3O4S. The van der Waals surface area contributed by atoms with Gasteiger partial charge in [-0.15, -0.1) is 0 Å². The van der Waals surface area contributed by atoms with E-state index < -0.39 is 15.6 Å². The van der Waals surface area contributed by atoms with Crippen LogP contribution in [0, 0.1) is 6.92 Å². The molecule has 0 aromatic carbocycles. The predicted octanol–water partition coefficient (Wildman–Crippen LogP) is 1.37. The van der Waals surface area contributed by atoms with E-state index in [0.29, 0.717) is 5.69 Å². The van der Waals surface area contributed by atoms with Gasteiger partial charge in [-0.05, 0) is 38.8 Å². The molecule has 7 nitrogen and oxygen atoms in total. The second-order valence-electron chi connectivity index (χ2n) is 6.19. The van der Waals surface area contributed by atoms with Gasteiger partial charge in [-0.3, -0.25) is 14.3 Å². The van der Waals surface area contributed by atoms with Crippen molar-refractivity contribution in [2.45, 2.75) is 58.5 Å². The van der Waals surface area contributed by atoms with E-state index in [9.17, 15) is 18.0 Å². The first-order valence-corrected chi connectivity index (χ1v) is 9.98. The summed E-state index contributed by atoms with van der Waals surface area (Å²) < 4.78 is 26.9. The first-order valence-electron chi connectivity index (χ1n) is 8.32. The number of sulfonamides is 1. The van der Waals surface area contributed by atoms with Gasteiger partial charge in [-0.2, -0.15) is 0 Å². The first kappa shape index (κ1) is 18.5. The Balaban J connectivity index is 2.14. The molecule has 0 saturated heterocycles. The quantitative estimate of drug-likeness (QED) is 0.805. The highest BCUT2D eigenvalue weighted by atomic mass is 32.2. The fourth-order valence-corrected chi connectivity index (χ4v) is 3.48. The monoisotopic (exact) mass is 355 g/mol. The number of anilines is 1. The highest BCUT2D eigenvalue weighted by Crippen LogP contribution is 2.17. The average molecular weight is 355 g/mol. The van der Waals surface area contributed by atoms with E-state index in [1.54, 1.807) is 13.0 Å². The molecule has 0 spiro atoms. The number of aromatic nitrogens is 1. The Morgan fingerprint density at radius 1 is 1.25 bits per heavy atom. The van der Waals surface area contributed by atoms with Gasteiger partial charge in [0, 0.05) is 11.7 Å². The zero-order valence-electron chi connectivity index (χ0n) is 14.2. The molecule has 8 heteroatoms. The summed E-state index contributed by atoms with van der Waals surface area (Å²) in [6.45, 7) is 3.10. The van der Waals surface area contributed by atoms with Crippen molar-refractivity contribution in [1.82, 2.24) is 9.88 Å². The molecule has 0 bridgehead atoms. The van der Waals surface area contributed by atoms with Crippen LogP contribution in [-0.4, -0.2) is 30.7 Å². The molecule has 1 saturated carbocycles. The summed E-state index contributed by atoms with van der Waals surface area (Å²) in [7, 11) is -3.54. The molecule has 1 aromatic heterocycles. The Hall–Kier alpha value is -1.83. The summed E-state index contributed by atoms with van der Waals surface area (Å²) >= 11 is 0. The Bertz CT molecular complexity index is 749. The number of carbonyl (C=O) groups is 1. The van der Waals surface area contributed by atoms with E-state index in [4.69, 9.17) is 0 Å². The lowest BCUT2D eigenvalue weighted by Gasteiger charge is -2.23. The summed E-state index contributed by atoms with van der Waals surface area (Å²) in [4.78, 5) is 24.7. The summed E-state index contributed by atoms with van der Waals surface area (Å²) in [6.07, 6.45) is 5.35. The standard InChI is InChI=1S/C16H25N3O4S/c1-3-24(22,23)18-14-10-9-12(2)19(16(14)21)11-15(20)17-13-7-5-4-6-8-13/h9-10,13,18H,3-8,11H2,1-2H3,(H,17,20). The summed E-state index contributed by atoms with van der Waals surface area (Å²) in [5.41, 5.74) is 0.0666. The Morgan fingerprint density at radius 2 is 1.92 bits per heavy atom. The number of pyridine rings is 1. The molecule has 2 N–H and O–H groups in total. The van der Waals surface area contributed by atoms with Crippen LogP contribution in [0.4, 0.5) is 5.69 Å². The molecule has 1 aliphatic rings. The fourth-order valence-electron chi connectivity index (χ4n) is 2.85. The normalized spacial score (nSPS) is 15.9. The summed E-state index contributed by atoms with van der Waals surface area (Å²) in [5.74, 6) is -0.342. The highest BCUT2D eigenvalue weighted by molar-refractivity contribution is 7.92. The smallest absolute Gasteiger partial charge is 0.275 e. The van der Waals surface area contributed by atoms with Crippen LogP contribution in [0.3, 0.4) is 0 Å². The van der Waals surface area contributed by atoms with Gasteiger partial charge in [0.1, 0.15) is 12.2 Å². The van der Waals surface area contributed by atoms with Crippen LogP contribution in [0.15, 0.2) is 16.9 Å². The van der Waals surface area contributed by atoms with E-state index in [2.05, 4.69) is 10.0 Å². The third-order valence-corrected chi connectivity index (χ3v) is 5.60. The van der Waals surface area contributed by atoms with Crippen LogP contribution in [0.1, 0.15) is 44.7 Å². The van der Waals surface area contributed by atoms with E-state index in [1.165, 1.54) is 24.0 Å². The van der Waals surface area contributed by atoms with Gasteiger partial charge < -0.3 is 9.88 Å². The van der Waals surface area contributed by atoms with Gasteiger partial charge in [0.15, 0.2) is 0 Å². The van der Waals surface area contributed by atoms with Crippen LogP contribution in [-0.2, 0) is 21.4 Å². The maximum atomic E-state index is 12.5. The fraction of sp³-hybridized carbons (Fsp3) is 0.625. The molecule has 1 aromatic rings. The van der Waals surface area contributed by atoms with Crippen molar-refractivity contribution in [3.05, 3.63) is 28.2 Å². The Labute approximate surface area is 142 Å². The minimum Gasteiger partial charge on any atom is -0.352 e. The summed E-state index contributed by atoms with van der Waals surface area (Å²) in [5, 5.41) is 2.96. The first-order chi connectivity index (χ1) is 11.3. The number of carbonyl (C=O) groups excluding carboxylic acids is 1. The molecule has 24 heavy (non-hydrogen) atoms. The van der Waals surface area contributed by atoms with E-state index in [1.807, 2.05) is 0 Å². The molecule has 0 radical (unpaired) electrons. The van der Waals surface area contributed by atoms with E-state index >= 15 is 0 Å². The van der Waals surface area contributed by atoms with Crippen molar-refractivity contribution >= 4 is 21.6 Å². The van der Waals surface area contributed by atoms with Gasteiger partial charge in [-0.25, -0.2) is 8.42 Å². The van der Waals surface area contributed by atoms with E-state index in [0.717, 1.165) is 25.7 Å². The number of hydrogen-bond acceptors (Lipinski definition) is 4. The zero-order valence-corrected chi connectivity index (χ0v) is 15.0. The number of amides is 1. The second kappa shape index (κ2) is 7.83. The second-order valence-corrected chi connectivity index (χ2v) is 8.20. The SMILES string of the molecule is CCS(=O)(=O)Nc1ccc(C)n(CC(=O)NC2CCCCC2)c1=O. The molecule has 2 rings (SSSR count). The number of hydrogen-bond donors (Lipinski definition) is 2. The van der Waals surface area contributed by atoms with Crippen molar-refractivity contribution < 1.29 is 13.2 Å². The van der Waals surface area contributed by atoms with Crippen molar-refractivity contribution in [2.75, 3.05) is 10.5 Å². The van der Waals surface area contributed by atoms with Crippen LogP contribution in [0.5, 0.6) is 0 Å². The number of nitrogens with one attached hydrogen (secondary N) is 2. The molecule has 0 aliphatic heterocycles. The van der Waals surface area contributed by atoms with Crippen LogP contribution in [0.2, 0.25) is 0 Å². The third kappa shape index (κ3) is 4.83. The van der Waals surface area contributed by atoms with Gasteiger partial charge in [-0.1, -0.05) is 19.3 Å². The van der Waals surface area contributed by atoms with E-state index in [-0.39, 0.29) is 29.9 Å². The Kier molecular flexibility index (Phi) is 6.04.